The van der Waals surface area contributed by atoms with Gasteiger partial charge in [-0.3, -0.25) is 4.98 Å². The molecule has 1 N–H and O–H groups in total. The number of para-hydroxylation sites is 1. The van der Waals surface area contributed by atoms with E-state index in [9.17, 15) is 8.78 Å². The van der Waals surface area contributed by atoms with Gasteiger partial charge in [-0.15, -0.1) is 0 Å². The molecule has 0 saturated heterocycles. The molecule has 2 nitrogen and oxygen atoms in total. The summed E-state index contributed by atoms with van der Waals surface area (Å²) in [4.78, 5) is 4.51. The lowest BCUT2D eigenvalue weighted by molar-refractivity contribution is 0.252. The third kappa shape index (κ3) is 3.92. The Kier molecular flexibility index (Phi) is 4.74. The van der Waals surface area contributed by atoms with E-state index < -0.39 is 5.76 Å². The third-order valence-corrected chi connectivity index (χ3v) is 3.47. The van der Waals surface area contributed by atoms with Gasteiger partial charge in [0.2, 0.25) is 0 Å². The van der Waals surface area contributed by atoms with Crippen LogP contribution in [0.15, 0.2) is 53.7 Å². The first-order valence-corrected chi connectivity index (χ1v) is 6.75. The predicted octanol–water partition coefficient (Wildman–Crippen LogP) is 4.57. The molecule has 1 aromatic heterocycles. The van der Waals surface area contributed by atoms with Gasteiger partial charge in [-0.1, -0.05) is 23.9 Å². The highest BCUT2D eigenvalue weighted by molar-refractivity contribution is 7.99. The second-order valence-electron chi connectivity index (χ2n) is 4.02. The number of hydrogen-bond acceptors (Lipinski definition) is 3. The Bertz CT molecular complexity index is 520. The summed E-state index contributed by atoms with van der Waals surface area (Å²) in [6.07, 6.45) is 3.43. The minimum absolute atomic E-state index is 0.0300. The summed E-state index contributed by atoms with van der Waals surface area (Å²) in [7, 11) is 0. The van der Waals surface area contributed by atoms with Gasteiger partial charge in [-0.25, -0.2) is 0 Å². The lowest BCUT2D eigenvalue weighted by Gasteiger charge is -2.18. The molecule has 0 amide bonds. The Labute approximate surface area is 115 Å². The summed E-state index contributed by atoms with van der Waals surface area (Å²) in [5.41, 5.74) is 1.78. The first-order chi connectivity index (χ1) is 9.16. The zero-order chi connectivity index (χ0) is 13.7. The number of aromatic nitrogens is 1. The van der Waals surface area contributed by atoms with Crippen LogP contribution in [-0.4, -0.2) is 10.7 Å². The van der Waals surface area contributed by atoms with Crippen molar-refractivity contribution < 1.29 is 8.78 Å². The molecular weight excluding hydrogens is 266 g/mol. The van der Waals surface area contributed by atoms with Crippen LogP contribution in [0.4, 0.5) is 14.5 Å². The first-order valence-electron chi connectivity index (χ1n) is 5.87. The molecule has 0 aliphatic carbocycles. The van der Waals surface area contributed by atoms with E-state index in [1.165, 1.54) is 0 Å². The van der Waals surface area contributed by atoms with E-state index in [4.69, 9.17) is 0 Å². The van der Waals surface area contributed by atoms with E-state index in [1.54, 1.807) is 24.5 Å². The lowest BCUT2D eigenvalue weighted by atomic mass is 10.1. The number of hydrogen-bond donors (Lipinski definition) is 1. The van der Waals surface area contributed by atoms with Crippen molar-refractivity contribution in [2.75, 3.05) is 5.32 Å². The molecule has 1 unspecified atom stereocenters. The van der Waals surface area contributed by atoms with E-state index in [0.29, 0.717) is 16.7 Å². The minimum Gasteiger partial charge on any atom is -0.378 e. The maximum atomic E-state index is 12.5. The molecule has 19 heavy (non-hydrogen) atoms. The van der Waals surface area contributed by atoms with Crippen molar-refractivity contribution in [2.45, 2.75) is 23.6 Å². The van der Waals surface area contributed by atoms with Crippen LogP contribution < -0.4 is 5.32 Å². The number of thioether (sulfide) groups is 1. The second-order valence-corrected chi connectivity index (χ2v) is 5.05. The highest BCUT2D eigenvalue weighted by atomic mass is 32.2. The van der Waals surface area contributed by atoms with Crippen molar-refractivity contribution in [2.24, 2.45) is 0 Å². The van der Waals surface area contributed by atoms with Gasteiger partial charge in [0.25, 0.3) is 5.76 Å². The second kappa shape index (κ2) is 6.52. The number of halogens is 2. The summed E-state index contributed by atoms with van der Waals surface area (Å²) >= 11 is 0.554. The van der Waals surface area contributed by atoms with E-state index >= 15 is 0 Å². The average Bonchev–Trinajstić information content (AvgIpc) is 2.41. The summed E-state index contributed by atoms with van der Waals surface area (Å²) in [6.45, 7) is 1.99. The number of benzene rings is 1. The number of nitrogens with zero attached hydrogens (tertiary/aromatic N) is 1. The molecule has 0 bridgehead atoms. The van der Waals surface area contributed by atoms with Crippen molar-refractivity contribution >= 4 is 17.4 Å². The average molecular weight is 280 g/mol. The molecule has 1 heterocycles. The van der Waals surface area contributed by atoms with Crippen molar-refractivity contribution in [1.82, 2.24) is 4.98 Å². The molecule has 2 rings (SSSR count). The Balaban J connectivity index is 2.15. The fourth-order valence-corrected chi connectivity index (χ4v) is 2.36. The minimum atomic E-state index is -2.42. The molecule has 0 radical (unpaired) electrons. The Hall–Kier alpha value is -1.62. The van der Waals surface area contributed by atoms with Crippen LogP contribution in [0, 0.1) is 0 Å². The van der Waals surface area contributed by atoms with E-state index in [1.807, 2.05) is 31.2 Å². The molecule has 1 atom stereocenters. The van der Waals surface area contributed by atoms with Gasteiger partial charge < -0.3 is 5.32 Å². The number of pyridine rings is 1. The SMILES string of the molecule is CC(Nc1ccccc1SC(F)F)c1ccncc1. The fourth-order valence-electron chi connectivity index (χ4n) is 1.75. The van der Waals surface area contributed by atoms with Crippen LogP contribution in [0.2, 0.25) is 0 Å². The predicted molar refractivity (Wildman–Crippen MR) is 74.6 cm³/mol. The highest BCUT2D eigenvalue weighted by Crippen LogP contribution is 2.33. The Morgan fingerprint density at radius 3 is 2.47 bits per heavy atom. The van der Waals surface area contributed by atoms with Crippen molar-refractivity contribution in [1.29, 1.82) is 0 Å². The fraction of sp³-hybridized carbons (Fsp3) is 0.214. The summed E-state index contributed by atoms with van der Waals surface area (Å²) < 4.78 is 25.0. The van der Waals surface area contributed by atoms with Gasteiger partial charge in [0, 0.05) is 29.0 Å². The van der Waals surface area contributed by atoms with Crippen LogP contribution in [-0.2, 0) is 0 Å². The van der Waals surface area contributed by atoms with Gasteiger partial charge in [0.15, 0.2) is 0 Å². The van der Waals surface area contributed by atoms with E-state index in [0.717, 1.165) is 11.3 Å². The Morgan fingerprint density at radius 2 is 1.79 bits per heavy atom. The number of alkyl halides is 2. The molecule has 0 aliphatic rings. The van der Waals surface area contributed by atoms with Crippen LogP contribution >= 0.6 is 11.8 Å². The standard InChI is InChI=1S/C14H14F2N2S/c1-10(11-6-8-17-9-7-11)18-12-4-2-3-5-13(12)19-14(15)16/h2-10,14,18H,1H3. The normalized spacial score (nSPS) is 12.4. The van der Waals surface area contributed by atoms with Crippen molar-refractivity contribution in [3.05, 3.63) is 54.4 Å². The van der Waals surface area contributed by atoms with Crippen LogP contribution in [0.5, 0.6) is 0 Å². The van der Waals surface area contributed by atoms with Crippen LogP contribution in [0.3, 0.4) is 0 Å². The summed E-state index contributed by atoms with van der Waals surface area (Å²) in [5.74, 6) is -2.42. The number of rotatable bonds is 5. The molecule has 1 aromatic carbocycles. The van der Waals surface area contributed by atoms with Gasteiger partial charge in [-0.2, -0.15) is 8.78 Å². The van der Waals surface area contributed by atoms with Gasteiger partial charge in [-0.05, 0) is 36.8 Å². The number of nitrogens with one attached hydrogen (secondary N) is 1. The lowest BCUT2D eigenvalue weighted by Crippen LogP contribution is -2.07. The van der Waals surface area contributed by atoms with E-state index in [-0.39, 0.29) is 6.04 Å². The molecule has 5 heteroatoms. The maximum Gasteiger partial charge on any atom is 0.288 e. The quantitative estimate of drug-likeness (QED) is 0.812. The molecule has 0 fully saturated rings. The molecular formula is C14H14F2N2S. The van der Waals surface area contributed by atoms with Gasteiger partial charge in [0.05, 0.1) is 0 Å². The monoisotopic (exact) mass is 280 g/mol. The van der Waals surface area contributed by atoms with Crippen molar-refractivity contribution in [3.8, 4) is 0 Å². The van der Waals surface area contributed by atoms with Crippen molar-refractivity contribution in [3.63, 3.8) is 0 Å². The molecule has 100 valence electrons. The molecule has 0 saturated carbocycles. The van der Waals surface area contributed by atoms with Gasteiger partial charge in [0.1, 0.15) is 0 Å². The molecule has 2 aromatic rings. The zero-order valence-corrected chi connectivity index (χ0v) is 11.2. The van der Waals surface area contributed by atoms with Crippen LogP contribution in [0.1, 0.15) is 18.5 Å². The highest BCUT2D eigenvalue weighted by Gasteiger charge is 2.12. The topological polar surface area (TPSA) is 24.9 Å². The largest absolute Gasteiger partial charge is 0.378 e. The first kappa shape index (κ1) is 13.8. The smallest absolute Gasteiger partial charge is 0.288 e. The zero-order valence-electron chi connectivity index (χ0n) is 10.4. The molecule has 0 spiro atoms. The third-order valence-electron chi connectivity index (χ3n) is 2.68. The van der Waals surface area contributed by atoms with Crippen LogP contribution in [0.25, 0.3) is 0 Å². The van der Waals surface area contributed by atoms with E-state index in [2.05, 4.69) is 10.3 Å². The Morgan fingerprint density at radius 1 is 1.11 bits per heavy atom. The molecule has 0 aliphatic heterocycles. The summed E-state index contributed by atoms with van der Waals surface area (Å²) in [5, 5.41) is 3.25. The summed E-state index contributed by atoms with van der Waals surface area (Å²) in [6, 6.07) is 10.9. The number of anilines is 1. The maximum absolute atomic E-state index is 12.5. The van der Waals surface area contributed by atoms with Gasteiger partial charge >= 0.3 is 0 Å².